The van der Waals surface area contributed by atoms with E-state index >= 15 is 0 Å². The van der Waals surface area contributed by atoms with Gasteiger partial charge in [0.25, 0.3) is 5.89 Å². The molecule has 0 amide bonds. The number of rotatable bonds is 7. The molecule has 0 saturated carbocycles. The van der Waals surface area contributed by atoms with Crippen LogP contribution in [-0.2, 0) is 0 Å². The average molecular weight is 404 g/mol. The Kier molecular flexibility index (Phi) is 5.52. The van der Waals surface area contributed by atoms with E-state index in [1.54, 1.807) is 73.8 Å². The molecule has 1 aromatic heterocycles. The highest BCUT2D eigenvalue weighted by molar-refractivity contribution is 5.97. The van der Waals surface area contributed by atoms with E-state index in [4.69, 9.17) is 14.0 Å². The number of hydrogen-bond donors (Lipinski definition) is 0. The summed E-state index contributed by atoms with van der Waals surface area (Å²) in [5, 5.41) is 3.90. The Bertz CT molecular complexity index is 1170. The first-order chi connectivity index (χ1) is 14.6. The van der Waals surface area contributed by atoms with Crippen LogP contribution in [0.3, 0.4) is 0 Å². The maximum Gasteiger partial charge on any atom is 0.261 e. The summed E-state index contributed by atoms with van der Waals surface area (Å²) in [6.07, 6.45) is 0. The minimum atomic E-state index is -0.433. The van der Waals surface area contributed by atoms with Crippen LogP contribution >= 0.6 is 0 Å². The van der Waals surface area contributed by atoms with Crippen LogP contribution in [0.25, 0.3) is 22.8 Å². The number of benzene rings is 3. The van der Waals surface area contributed by atoms with E-state index in [0.29, 0.717) is 28.5 Å². The first kappa shape index (κ1) is 19.3. The molecule has 1 heterocycles. The number of carbonyl (C=O) groups excluding carboxylic acids is 1. The predicted molar refractivity (Wildman–Crippen MR) is 108 cm³/mol. The summed E-state index contributed by atoms with van der Waals surface area (Å²) >= 11 is 0. The summed E-state index contributed by atoms with van der Waals surface area (Å²) in [6, 6.07) is 20.0. The number of methoxy groups -OCH3 is 1. The fourth-order valence-corrected chi connectivity index (χ4v) is 2.81. The van der Waals surface area contributed by atoms with Crippen LogP contribution in [0.1, 0.15) is 10.4 Å². The third kappa shape index (κ3) is 4.20. The zero-order chi connectivity index (χ0) is 20.9. The van der Waals surface area contributed by atoms with Gasteiger partial charge in [-0.1, -0.05) is 29.4 Å². The molecule has 4 rings (SSSR count). The third-order valence-electron chi connectivity index (χ3n) is 4.40. The monoisotopic (exact) mass is 404 g/mol. The molecule has 0 atom stereocenters. The molecule has 0 fully saturated rings. The molecule has 0 radical (unpaired) electrons. The topological polar surface area (TPSA) is 74.5 Å². The molecule has 0 aliphatic carbocycles. The van der Waals surface area contributed by atoms with Gasteiger partial charge in [-0.2, -0.15) is 4.98 Å². The Morgan fingerprint density at radius 1 is 1.00 bits per heavy atom. The number of carbonyl (C=O) groups is 1. The van der Waals surface area contributed by atoms with Crippen molar-refractivity contribution in [2.75, 3.05) is 13.7 Å². The van der Waals surface area contributed by atoms with Gasteiger partial charge in [0.15, 0.2) is 12.4 Å². The predicted octanol–water partition coefficient (Wildman–Crippen LogP) is 4.81. The molecule has 0 N–H and O–H groups in total. The van der Waals surface area contributed by atoms with Crippen molar-refractivity contribution in [1.29, 1.82) is 0 Å². The smallest absolute Gasteiger partial charge is 0.261 e. The number of halogens is 1. The minimum Gasteiger partial charge on any atom is -0.497 e. The molecular formula is C23H17FN2O4. The molecule has 30 heavy (non-hydrogen) atoms. The zero-order valence-electron chi connectivity index (χ0n) is 16.0. The summed E-state index contributed by atoms with van der Waals surface area (Å²) < 4.78 is 29.8. The van der Waals surface area contributed by atoms with Crippen molar-refractivity contribution < 1.29 is 23.2 Å². The van der Waals surface area contributed by atoms with Crippen molar-refractivity contribution in [3.63, 3.8) is 0 Å². The van der Waals surface area contributed by atoms with Gasteiger partial charge < -0.3 is 14.0 Å². The van der Waals surface area contributed by atoms with Crippen LogP contribution in [0.5, 0.6) is 11.5 Å². The van der Waals surface area contributed by atoms with Gasteiger partial charge in [-0.15, -0.1) is 0 Å². The van der Waals surface area contributed by atoms with Crippen molar-refractivity contribution >= 4 is 5.78 Å². The summed E-state index contributed by atoms with van der Waals surface area (Å²) in [5.74, 6) is 0.968. The van der Waals surface area contributed by atoms with E-state index in [-0.39, 0.29) is 23.8 Å². The highest BCUT2D eigenvalue weighted by Crippen LogP contribution is 2.25. The number of ether oxygens (including phenoxy) is 2. The van der Waals surface area contributed by atoms with Crippen molar-refractivity contribution in [3.8, 4) is 34.3 Å². The first-order valence-electron chi connectivity index (χ1n) is 9.13. The minimum absolute atomic E-state index is 0.104. The lowest BCUT2D eigenvalue weighted by Gasteiger charge is -2.07. The third-order valence-corrected chi connectivity index (χ3v) is 4.40. The summed E-state index contributed by atoms with van der Waals surface area (Å²) in [4.78, 5) is 16.5. The maximum absolute atomic E-state index is 13.9. The van der Waals surface area contributed by atoms with Crippen LogP contribution in [0, 0.1) is 5.82 Å². The molecular weight excluding hydrogens is 387 g/mol. The molecule has 7 heteroatoms. The molecule has 0 aliphatic heterocycles. The van der Waals surface area contributed by atoms with Gasteiger partial charge in [0.2, 0.25) is 5.82 Å². The van der Waals surface area contributed by atoms with E-state index in [0.717, 1.165) is 0 Å². The van der Waals surface area contributed by atoms with Crippen LogP contribution in [-0.4, -0.2) is 29.6 Å². The number of aromatic nitrogens is 2. The number of Topliss-reactive ketones (excluding diaryl/α,β-unsaturated/α-hetero) is 1. The van der Waals surface area contributed by atoms with Gasteiger partial charge in [-0.3, -0.25) is 4.79 Å². The lowest BCUT2D eigenvalue weighted by molar-refractivity contribution is 0.0921. The molecule has 0 aliphatic rings. The fourth-order valence-electron chi connectivity index (χ4n) is 2.81. The van der Waals surface area contributed by atoms with E-state index in [1.807, 2.05) is 0 Å². The molecule has 0 saturated heterocycles. The number of ketones is 1. The molecule has 150 valence electrons. The average Bonchev–Trinajstić information content (AvgIpc) is 3.28. The molecule has 0 bridgehead atoms. The summed E-state index contributed by atoms with van der Waals surface area (Å²) in [7, 11) is 1.55. The second-order valence-corrected chi connectivity index (χ2v) is 6.37. The number of nitrogens with zero attached hydrogens (tertiary/aromatic N) is 2. The Morgan fingerprint density at radius 2 is 1.80 bits per heavy atom. The van der Waals surface area contributed by atoms with Gasteiger partial charge >= 0.3 is 0 Å². The van der Waals surface area contributed by atoms with Crippen LogP contribution in [0.4, 0.5) is 4.39 Å². The van der Waals surface area contributed by atoms with E-state index in [1.165, 1.54) is 6.07 Å². The molecule has 0 spiro atoms. The molecule has 6 nitrogen and oxygen atoms in total. The lowest BCUT2D eigenvalue weighted by Crippen LogP contribution is -2.11. The Hall–Kier alpha value is -4.00. The largest absolute Gasteiger partial charge is 0.497 e. The molecule has 4 aromatic rings. The normalized spacial score (nSPS) is 10.6. The van der Waals surface area contributed by atoms with Gasteiger partial charge in [0.05, 0.1) is 12.7 Å². The number of hydrogen-bond acceptors (Lipinski definition) is 6. The van der Waals surface area contributed by atoms with Crippen molar-refractivity contribution in [3.05, 3.63) is 84.2 Å². The summed E-state index contributed by atoms with van der Waals surface area (Å²) in [5.41, 5.74) is 1.43. The highest BCUT2D eigenvalue weighted by Gasteiger charge is 2.14. The van der Waals surface area contributed by atoms with Crippen molar-refractivity contribution in [2.45, 2.75) is 0 Å². The fraction of sp³-hybridized carbons (Fsp3) is 0.0870. The van der Waals surface area contributed by atoms with E-state index in [9.17, 15) is 9.18 Å². The van der Waals surface area contributed by atoms with Crippen LogP contribution in [0.15, 0.2) is 77.3 Å². The molecule has 0 unspecified atom stereocenters. The Morgan fingerprint density at radius 3 is 2.57 bits per heavy atom. The van der Waals surface area contributed by atoms with Crippen molar-refractivity contribution in [2.24, 2.45) is 0 Å². The quantitative estimate of drug-likeness (QED) is 0.412. The molecule has 3 aromatic carbocycles. The zero-order valence-corrected chi connectivity index (χ0v) is 16.0. The second-order valence-electron chi connectivity index (χ2n) is 6.37. The lowest BCUT2D eigenvalue weighted by atomic mass is 10.1. The maximum atomic E-state index is 13.9. The first-order valence-corrected chi connectivity index (χ1v) is 9.13. The van der Waals surface area contributed by atoms with Gasteiger partial charge in [0.1, 0.15) is 17.3 Å². The summed E-state index contributed by atoms with van der Waals surface area (Å²) in [6.45, 7) is -0.105. The van der Waals surface area contributed by atoms with Crippen LogP contribution < -0.4 is 9.47 Å². The van der Waals surface area contributed by atoms with E-state index < -0.39 is 5.82 Å². The van der Waals surface area contributed by atoms with Gasteiger partial charge in [-0.05, 0) is 48.5 Å². The Balaban J connectivity index is 1.42. The van der Waals surface area contributed by atoms with Gasteiger partial charge in [0, 0.05) is 11.1 Å². The highest BCUT2D eigenvalue weighted by atomic mass is 19.1. The van der Waals surface area contributed by atoms with Crippen LogP contribution in [0.2, 0.25) is 0 Å². The SMILES string of the molecule is COc1cccc(C(=O)COc2ccc(-c3noc(-c4ccccc4F)n3)cc2)c1. The standard InChI is InChI=1S/C23H17FN2O4/c1-28-18-6-4-5-16(13-18)21(27)14-29-17-11-9-15(10-12-17)22-25-23(30-26-22)19-7-2-3-8-20(19)24/h2-13H,14H2,1H3. The second kappa shape index (κ2) is 8.57. The van der Waals surface area contributed by atoms with E-state index in [2.05, 4.69) is 10.1 Å². The van der Waals surface area contributed by atoms with Gasteiger partial charge in [-0.25, -0.2) is 4.39 Å². The van der Waals surface area contributed by atoms with Crippen molar-refractivity contribution in [1.82, 2.24) is 10.1 Å². The Labute approximate surface area is 171 Å².